The zero-order valence-electron chi connectivity index (χ0n) is 76.3. The summed E-state index contributed by atoms with van der Waals surface area (Å²) >= 11 is 0. The molecule has 0 spiro atoms. The second-order valence-electron chi connectivity index (χ2n) is 37.7. The zero-order valence-corrected chi connectivity index (χ0v) is 76.3. The second-order valence-corrected chi connectivity index (χ2v) is 37.7. The van der Waals surface area contributed by atoms with Crippen LogP contribution >= 0.6 is 0 Å². The molecule has 140 heavy (non-hydrogen) atoms. The number of nitrogens with zero attached hydrogens (tertiary/aromatic N) is 4. The van der Waals surface area contributed by atoms with Crippen molar-refractivity contribution in [2.75, 3.05) is 0 Å². The van der Waals surface area contributed by atoms with Crippen molar-refractivity contribution >= 4 is 130 Å². The van der Waals surface area contributed by atoms with E-state index in [1.165, 1.54) is 264 Å². The first kappa shape index (κ1) is 79.0. The lowest BCUT2D eigenvalue weighted by molar-refractivity contribution is 1.18. The van der Waals surface area contributed by atoms with Crippen LogP contribution in [0.4, 0.5) is 0 Å². The highest BCUT2D eigenvalue weighted by atomic mass is 15.0. The van der Waals surface area contributed by atoms with Gasteiger partial charge in [-0.1, -0.05) is 364 Å². The van der Waals surface area contributed by atoms with E-state index in [9.17, 15) is 0 Å². The van der Waals surface area contributed by atoms with Crippen LogP contribution < -0.4 is 0 Å². The summed E-state index contributed by atoms with van der Waals surface area (Å²) in [5.41, 5.74) is 44.1. The van der Waals surface area contributed by atoms with Crippen LogP contribution in [-0.4, -0.2) is 18.3 Å². The lowest BCUT2D eigenvalue weighted by atomic mass is 9.95. The lowest BCUT2D eigenvalue weighted by Crippen LogP contribution is -1.94. The summed E-state index contributed by atoms with van der Waals surface area (Å²) in [5, 5.41) is 20.5. The van der Waals surface area contributed by atoms with E-state index in [-0.39, 0.29) is 0 Å². The Bertz CT molecular complexity index is 10000. The Morgan fingerprint density at radius 1 is 0.100 bits per heavy atom. The molecule has 4 heterocycles. The molecule has 0 atom stereocenters. The fourth-order valence-electron chi connectivity index (χ4n) is 23.5. The molecule has 0 unspecified atom stereocenters. The summed E-state index contributed by atoms with van der Waals surface area (Å²) in [4.78, 5) is 0. The Morgan fingerprint density at radius 3 is 0.693 bits per heavy atom. The van der Waals surface area contributed by atoms with Crippen molar-refractivity contribution in [3.63, 3.8) is 0 Å². The minimum Gasteiger partial charge on any atom is -0.309 e. The molecule has 2 aliphatic carbocycles. The molecule has 0 bridgehead atoms. The van der Waals surface area contributed by atoms with E-state index < -0.39 is 0 Å². The van der Waals surface area contributed by atoms with Crippen molar-refractivity contribution in [2.24, 2.45) is 0 Å². The van der Waals surface area contributed by atoms with Gasteiger partial charge in [0.05, 0.1) is 44.1 Å². The number of benzene rings is 24. The highest BCUT2D eigenvalue weighted by Crippen LogP contribution is 2.54. The molecule has 0 aliphatic heterocycles. The van der Waals surface area contributed by atoms with Crippen molar-refractivity contribution in [1.82, 2.24) is 18.3 Å². The summed E-state index contributed by atoms with van der Waals surface area (Å²) in [7, 11) is 0. The molecule has 648 valence electrons. The molecular weight excluding hydrogens is 1690 g/mol. The van der Waals surface area contributed by atoms with Crippen LogP contribution in [0.1, 0.15) is 0 Å². The first-order valence-corrected chi connectivity index (χ1v) is 48.5. The van der Waals surface area contributed by atoms with Crippen LogP contribution in [0.25, 0.3) is 287 Å². The van der Waals surface area contributed by atoms with E-state index >= 15 is 0 Å². The number of hydrogen-bond donors (Lipinski definition) is 0. The van der Waals surface area contributed by atoms with Crippen molar-refractivity contribution in [3.8, 4) is 156 Å². The summed E-state index contributed by atoms with van der Waals surface area (Å²) in [6.45, 7) is 0. The largest absolute Gasteiger partial charge is 0.309 e. The average molecular weight is 1770 g/mol. The normalized spacial score (nSPS) is 12.0. The minimum absolute atomic E-state index is 1.15. The van der Waals surface area contributed by atoms with Crippen molar-refractivity contribution in [1.29, 1.82) is 0 Å². The van der Waals surface area contributed by atoms with Gasteiger partial charge in [-0.3, -0.25) is 0 Å². The minimum atomic E-state index is 1.15. The molecule has 28 aromatic rings. The Labute approximate surface area is 808 Å². The predicted octanol–water partition coefficient (Wildman–Crippen LogP) is 37.0. The summed E-state index contributed by atoms with van der Waals surface area (Å²) in [6.07, 6.45) is 0. The number of hydrogen-bond acceptors (Lipinski definition) is 0. The predicted molar refractivity (Wildman–Crippen MR) is 593 cm³/mol. The Kier molecular flexibility index (Phi) is 17.8. The first-order chi connectivity index (χ1) is 69.4. The number of para-hydroxylation sites is 4. The van der Waals surface area contributed by atoms with Gasteiger partial charge in [0.25, 0.3) is 0 Å². The van der Waals surface area contributed by atoms with Gasteiger partial charge in [0, 0.05) is 65.8 Å². The van der Waals surface area contributed by atoms with E-state index in [4.69, 9.17) is 0 Å². The first-order valence-electron chi connectivity index (χ1n) is 48.5. The van der Waals surface area contributed by atoms with Gasteiger partial charge in [-0.15, -0.1) is 0 Å². The van der Waals surface area contributed by atoms with Gasteiger partial charge in [-0.25, -0.2) is 0 Å². The smallest absolute Gasteiger partial charge is 0.0541 e. The van der Waals surface area contributed by atoms with Crippen molar-refractivity contribution in [2.45, 2.75) is 0 Å². The molecule has 0 radical (unpaired) electrons. The lowest BCUT2D eigenvalue weighted by Gasteiger charge is -2.12. The molecular formula is C136H84N4. The number of aromatic nitrogens is 4. The molecule has 0 saturated carbocycles. The fourth-order valence-corrected chi connectivity index (χ4v) is 23.5. The summed E-state index contributed by atoms with van der Waals surface area (Å²) in [6, 6.07) is 188. The van der Waals surface area contributed by atoms with Gasteiger partial charge < -0.3 is 18.3 Å². The third-order valence-corrected chi connectivity index (χ3v) is 30.1. The quantitative estimate of drug-likeness (QED) is 0.109. The third-order valence-electron chi connectivity index (χ3n) is 30.1. The molecule has 4 aromatic heterocycles. The maximum absolute atomic E-state index is 2.44. The van der Waals surface area contributed by atoms with E-state index in [0.717, 1.165) is 22.7 Å². The monoisotopic (exact) mass is 1770 g/mol. The van der Waals surface area contributed by atoms with Crippen LogP contribution in [-0.2, 0) is 0 Å². The molecule has 2 aliphatic rings. The highest BCUT2D eigenvalue weighted by molar-refractivity contribution is 6.26. The Balaban J connectivity index is 0.000000134. The molecule has 30 rings (SSSR count). The molecule has 4 nitrogen and oxygen atoms in total. The van der Waals surface area contributed by atoms with E-state index in [0.29, 0.717) is 0 Å². The van der Waals surface area contributed by atoms with Crippen LogP contribution in [0, 0.1) is 0 Å². The topological polar surface area (TPSA) is 19.7 Å². The maximum atomic E-state index is 2.44. The van der Waals surface area contributed by atoms with Gasteiger partial charge >= 0.3 is 0 Å². The van der Waals surface area contributed by atoms with E-state index in [1.807, 2.05) is 0 Å². The third kappa shape index (κ3) is 12.6. The van der Waals surface area contributed by atoms with Crippen LogP contribution in [0.15, 0.2) is 510 Å². The summed E-state index contributed by atoms with van der Waals surface area (Å²) < 4.78 is 9.68. The maximum Gasteiger partial charge on any atom is 0.0541 e. The van der Waals surface area contributed by atoms with Crippen molar-refractivity contribution in [3.05, 3.63) is 510 Å². The van der Waals surface area contributed by atoms with Gasteiger partial charge in [0.15, 0.2) is 0 Å². The molecule has 24 aromatic carbocycles. The Hall–Kier alpha value is -18.5. The molecule has 0 amide bonds. The van der Waals surface area contributed by atoms with Crippen LogP contribution in [0.3, 0.4) is 0 Å². The number of rotatable bonds is 12. The Morgan fingerprint density at radius 2 is 0.336 bits per heavy atom. The molecule has 4 heteroatoms. The molecule has 0 fully saturated rings. The number of fused-ring (bicyclic) bond motifs is 22. The SMILES string of the molecule is c1ccc(-c2ccc(-c3ccc(-n4c5ccccc5c5cc(-c6ccc7c(c6)c6ccccc6n7-c6ccc(-c7ccc8c(c7)-c7cc9ccccc9c9cccc-8c79)cc6)ccc54)cc3)cc2)cc1.c1ccc(-c2ccc(-c3ccc(-n4c5ccccc5c5cc(-c6ccc7c(c6)c6ccccc6n7-c6cccc(-c7ccc8c(c7)-c7cc9ccccc9c9cccc-8c79)c6)ccc54)cc3)cc2)cc1. The highest BCUT2D eigenvalue weighted by Gasteiger charge is 2.28. The average Bonchev–Trinajstić information content (AvgIpc) is 1.57. The van der Waals surface area contributed by atoms with Crippen LogP contribution in [0.5, 0.6) is 0 Å². The van der Waals surface area contributed by atoms with E-state index in [1.54, 1.807) is 0 Å². The van der Waals surface area contributed by atoms with Gasteiger partial charge in [-0.05, 0) is 322 Å². The zero-order chi connectivity index (χ0) is 91.7. The van der Waals surface area contributed by atoms with Crippen LogP contribution in [0.2, 0.25) is 0 Å². The fraction of sp³-hybridized carbons (Fsp3) is 0. The molecule has 0 N–H and O–H groups in total. The second kappa shape index (κ2) is 31.6. The summed E-state index contributed by atoms with van der Waals surface area (Å²) in [5.74, 6) is 0. The van der Waals surface area contributed by atoms with Gasteiger partial charge in [0.2, 0.25) is 0 Å². The van der Waals surface area contributed by atoms with E-state index in [2.05, 4.69) is 528 Å². The molecule has 0 saturated heterocycles. The van der Waals surface area contributed by atoms with Gasteiger partial charge in [0.1, 0.15) is 0 Å². The van der Waals surface area contributed by atoms with Gasteiger partial charge in [-0.2, -0.15) is 0 Å². The van der Waals surface area contributed by atoms with Crippen molar-refractivity contribution < 1.29 is 0 Å². The standard InChI is InChI=1S/2C68H42N2/c1-2-12-43(13-3-1)44-24-26-45(27-25-44)46-28-33-52(34-29-46)69-64-22-8-6-18-56(64)61-40-49(31-36-66(61)69)50-32-37-67-62(41-50)57-19-7-9-23-65(57)70(67)53-16-10-15-47(38-53)48-30-35-55-59-21-11-20-58-54-17-5-4-14-51(54)42-63(68(58)59)60(55)39-48;1-2-11-43(12-3-1)44-21-23-45(24-22-44)46-25-32-52(33-26-46)69-64-19-8-6-15-56(64)61-40-49(30-37-66(61)69)50-31-38-67-62(41-50)57-16-7-9-20-65(57)70(67)53-34-27-47(28-35-53)48-29-36-55-59-18-10-17-58-54-14-5-4-13-51(54)42-63(68(58)59)60(55)39-48/h2*1-42H.